The van der Waals surface area contributed by atoms with E-state index >= 15 is 0 Å². The van der Waals surface area contributed by atoms with E-state index in [0.29, 0.717) is 18.7 Å². The molecule has 1 N–H and O–H groups in total. The molecule has 2 rings (SSSR count). The Kier molecular flexibility index (Phi) is 7.14. The Balaban J connectivity index is 1.83. The SMILES string of the molecule is CCOc1ccccc1CCC(=O)N(C)CC(=O)Nc1ccc(F)cc1. The van der Waals surface area contributed by atoms with E-state index in [4.69, 9.17) is 4.74 Å². The first kappa shape index (κ1) is 19.4. The highest BCUT2D eigenvalue weighted by atomic mass is 19.1. The van der Waals surface area contributed by atoms with Crippen LogP contribution in [-0.4, -0.2) is 36.9 Å². The molecule has 0 saturated heterocycles. The zero-order valence-corrected chi connectivity index (χ0v) is 15.0. The van der Waals surface area contributed by atoms with Gasteiger partial charge in [-0.15, -0.1) is 0 Å². The van der Waals surface area contributed by atoms with Gasteiger partial charge in [0.15, 0.2) is 0 Å². The second-order valence-electron chi connectivity index (χ2n) is 5.85. The van der Waals surface area contributed by atoms with Crippen molar-refractivity contribution >= 4 is 17.5 Å². The van der Waals surface area contributed by atoms with Gasteiger partial charge in [0.1, 0.15) is 11.6 Å². The topological polar surface area (TPSA) is 58.6 Å². The number of benzene rings is 2. The smallest absolute Gasteiger partial charge is 0.243 e. The predicted octanol–water partition coefficient (Wildman–Crippen LogP) is 3.25. The maximum Gasteiger partial charge on any atom is 0.243 e. The molecule has 6 heteroatoms. The summed E-state index contributed by atoms with van der Waals surface area (Å²) < 4.78 is 18.4. The fraction of sp³-hybridized carbons (Fsp3) is 0.300. The van der Waals surface area contributed by atoms with Crippen molar-refractivity contribution in [2.45, 2.75) is 19.8 Å². The van der Waals surface area contributed by atoms with Crippen LogP contribution in [0.4, 0.5) is 10.1 Å². The molecule has 26 heavy (non-hydrogen) atoms. The fourth-order valence-corrected chi connectivity index (χ4v) is 2.48. The van der Waals surface area contributed by atoms with Crippen molar-refractivity contribution in [1.29, 1.82) is 0 Å². The lowest BCUT2D eigenvalue weighted by Crippen LogP contribution is -2.35. The first-order valence-electron chi connectivity index (χ1n) is 8.49. The molecule has 0 aliphatic carbocycles. The number of ether oxygens (including phenoxy) is 1. The van der Waals surface area contributed by atoms with Gasteiger partial charge in [0.05, 0.1) is 13.2 Å². The Bertz CT molecular complexity index is 747. The molecule has 0 spiro atoms. The van der Waals surface area contributed by atoms with Crippen LogP contribution in [-0.2, 0) is 16.0 Å². The number of aryl methyl sites for hydroxylation is 1. The summed E-state index contributed by atoms with van der Waals surface area (Å²) in [6, 6.07) is 13.1. The molecule has 0 saturated carbocycles. The molecule has 0 heterocycles. The van der Waals surface area contributed by atoms with Gasteiger partial charge in [0.25, 0.3) is 0 Å². The van der Waals surface area contributed by atoms with E-state index < -0.39 is 0 Å². The standard InChI is InChI=1S/C20H23FN2O3/c1-3-26-18-7-5-4-6-15(18)8-13-20(25)23(2)14-19(24)22-17-11-9-16(21)10-12-17/h4-7,9-12H,3,8,13-14H2,1-2H3,(H,22,24). The molecule has 0 unspecified atom stereocenters. The molecule has 0 fully saturated rings. The average molecular weight is 358 g/mol. The monoisotopic (exact) mass is 358 g/mol. The second kappa shape index (κ2) is 9.56. The number of anilines is 1. The van der Waals surface area contributed by atoms with E-state index in [9.17, 15) is 14.0 Å². The Morgan fingerprint density at radius 3 is 2.50 bits per heavy atom. The van der Waals surface area contributed by atoms with Gasteiger partial charge in [-0.1, -0.05) is 18.2 Å². The molecular formula is C20H23FN2O3. The molecule has 0 atom stereocenters. The van der Waals surface area contributed by atoms with Crippen LogP contribution in [0.15, 0.2) is 48.5 Å². The maximum atomic E-state index is 12.9. The minimum atomic E-state index is -0.373. The lowest BCUT2D eigenvalue weighted by Gasteiger charge is -2.17. The van der Waals surface area contributed by atoms with Crippen LogP contribution in [0.1, 0.15) is 18.9 Å². The van der Waals surface area contributed by atoms with Gasteiger partial charge >= 0.3 is 0 Å². The summed E-state index contributed by atoms with van der Waals surface area (Å²) in [5.74, 6) is -0.0603. The molecule has 138 valence electrons. The first-order valence-corrected chi connectivity index (χ1v) is 8.49. The van der Waals surface area contributed by atoms with Crippen LogP contribution in [0.5, 0.6) is 5.75 Å². The highest BCUT2D eigenvalue weighted by molar-refractivity contribution is 5.94. The first-order chi connectivity index (χ1) is 12.5. The lowest BCUT2D eigenvalue weighted by molar-refractivity contribution is -0.133. The third kappa shape index (κ3) is 5.88. The highest BCUT2D eigenvalue weighted by Crippen LogP contribution is 2.19. The number of nitrogens with zero attached hydrogens (tertiary/aromatic N) is 1. The van der Waals surface area contributed by atoms with Crippen LogP contribution >= 0.6 is 0 Å². The molecule has 0 aliphatic rings. The van der Waals surface area contributed by atoms with Crippen LogP contribution in [0, 0.1) is 5.82 Å². The molecular weight excluding hydrogens is 335 g/mol. The Hall–Kier alpha value is -2.89. The number of rotatable bonds is 8. The van der Waals surface area contributed by atoms with E-state index in [-0.39, 0.29) is 30.6 Å². The van der Waals surface area contributed by atoms with E-state index in [2.05, 4.69) is 5.32 Å². The highest BCUT2D eigenvalue weighted by Gasteiger charge is 2.14. The van der Waals surface area contributed by atoms with Crippen LogP contribution < -0.4 is 10.1 Å². The quantitative estimate of drug-likeness (QED) is 0.788. The van der Waals surface area contributed by atoms with Crippen molar-refractivity contribution in [2.24, 2.45) is 0 Å². The number of likely N-dealkylation sites (N-methyl/N-ethyl adjacent to an activating group) is 1. The Morgan fingerprint density at radius 2 is 1.81 bits per heavy atom. The van der Waals surface area contributed by atoms with Crippen molar-refractivity contribution in [3.63, 3.8) is 0 Å². The summed E-state index contributed by atoms with van der Waals surface area (Å²) in [5.41, 5.74) is 1.45. The molecule has 5 nitrogen and oxygen atoms in total. The van der Waals surface area contributed by atoms with Gasteiger partial charge < -0.3 is 15.0 Å². The number of amides is 2. The molecule has 0 radical (unpaired) electrons. The zero-order chi connectivity index (χ0) is 18.9. The summed E-state index contributed by atoms with van der Waals surface area (Å²) in [5, 5.41) is 2.64. The fourth-order valence-electron chi connectivity index (χ4n) is 2.48. The molecule has 0 aliphatic heterocycles. The van der Waals surface area contributed by atoms with E-state index in [1.54, 1.807) is 7.05 Å². The minimum Gasteiger partial charge on any atom is -0.494 e. The van der Waals surface area contributed by atoms with Gasteiger partial charge in [0.2, 0.25) is 11.8 Å². The van der Waals surface area contributed by atoms with Gasteiger partial charge in [-0.3, -0.25) is 9.59 Å². The molecule has 0 aromatic heterocycles. The molecule has 2 aromatic rings. The second-order valence-corrected chi connectivity index (χ2v) is 5.85. The number of halogens is 1. The number of carbonyl (C=O) groups excluding carboxylic acids is 2. The molecule has 2 amide bonds. The van der Waals surface area contributed by atoms with Gasteiger partial charge in [-0.05, 0) is 49.2 Å². The van der Waals surface area contributed by atoms with Crippen molar-refractivity contribution in [3.05, 3.63) is 59.9 Å². The summed E-state index contributed by atoms with van der Waals surface area (Å²) in [7, 11) is 1.58. The van der Waals surface area contributed by atoms with Gasteiger partial charge in [-0.2, -0.15) is 0 Å². The average Bonchev–Trinajstić information content (AvgIpc) is 2.62. The number of carbonyl (C=O) groups is 2. The summed E-state index contributed by atoms with van der Waals surface area (Å²) >= 11 is 0. The Morgan fingerprint density at radius 1 is 1.12 bits per heavy atom. The number of nitrogens with one attached hydrogen (secondary N) is 1. The normalized spacial score (nSPS) is 10.3. The van der Waals surface area contributed by atoms with Crippen molar-refractivity contribution in [3.8, 4) is 5.75 Å². The summed E-state index contributed by atoms with van der Waals surface area (Å²) in [4.78, 5) is 25.7. The van der Waals surface area contributed by atoms with Crippen LogP contribution in [0.3, 0.4) is 0 Å². The maximum absolute atomic E-state index is 12.9. The zero-order valence-electron chi connectivity index (χ0n) is 15.0. The molecule has 0 bridgehead atoms. The van der Waals surface area contributed by atoms with E-state index in [1.807, 2.05) is 31.2 Å². The number of hydrogen-bond acceptors (Lipinski definition) is 3. The third-order valence-corrected chi connectivity index (χ3v) is 3.82. The van der Waals surface area contributed by atoms with Crippen molar-refractivity contribution < 1.29 is 18.7 Å². The Labute approximate surface area is 152 Å². The van der Waals surface area contributed by atoms with Gasteiger partial charge in [0, 0.05) is 19.2 Å². The minimum absolute atomic E-state index is 0.0662. The van der Waals surface area contributed by atoms with Crippen LogP contribution in [0.2, 0.25) is 0 Å². The largest absolute Gasteiger partial charge is 0.494 e. The lowest BCUT2D eigenvalue weighted by atomic mass is 10.1. The number of hydrogen-bond donors (Lipinski definition) is 1. The summed E-state index contributed by atoms with van der Waals surface area (Å²) in [6.07, 6.45) is 0.823. The number of para-hydroxylation sites is 1. The third-order valence-electron chi connectivity index (χ3n) is 3.82. The summed E-state index contributed by atoms with van der Waals surface area (Å²) in [6.45, 7) is 2.41. The van der Waals surface area contributed by atoms with Crippen molar-refractivity contribution in [1.82, 2.24) is 4.90 Å². The van der Waals surface area contributed by atoms with Gasteiger partial charge in [-0.25, -0.2) is 4.39 Å². The predicted molar refractivity (Wildman–Crippen MR) is 98.6 cm³/mol. The van der Waals surface area contributed by atoms with E-state index in [0.717, 1.165) is 11.3 Å². The van der Waals surface area contributed by atoms with E-state index in [1.165, 1.54) is 29.2 Å². The van der Waals surface area contributed by atoms with Crippen LogP contribution in [0.25, 0.3) is 0 Å². The van der Waals surface area contributed by atoms with Crippen molar-refractivity contribution in [2.75, 3.05) is 25.5 Å². The molecule has 2 aromatic carbocycles.